The lowest BCUT2D eigenvalue weighted by molar-refractivity contribution is -0.135. The van der Waals surface area contributed by atoms with Gasteiger partial charge in [-0.25, -0.2) is 4.98 Å². The molecule has 128 valence electrons. The Labute approximate surface area is 145 Å². The van der Waals surface area contributed by atoms with Crippen LogP contribution in [0.1, 0.15) is 36.9 Å². The topological polar surface area (TPSA) is 79.0 Å². The Morgan fingerprint density at radius 2 is 2.24 bits per heavy atom. The second kappa shape index (κ2) is 5.25. The van der Waals surface area contributed by atoms with Crippen molar-refractivity contribution in [3.63, 3.8) is 0 Å². The van der Waals surface area contributed by atoms with Crippen LogP contribution in [0.15, 0.2) is 29.3 Å². The van der Waals surface area contributed by atoms with Gasteiger partial charge < -0.3 is 9.88 Å². The molecule has 3 heterocycles. The van der Waals surface area contributed by atoms with Crippen molar-refractivity contribution in [2.75, 3.05) is 6.54 Å². The normalized spacial score (nSPS) is 23.0. The number of carbonyl (C=O) groups is 1. The zero-order chi connectivity index (χ0) is 17.0. The Bertz CT molecular complexity index is 901. The van der Waals surface area contributed by atoms with Gasteiger partial charge in [0.15, 0.2) is 0 Å². The van der Waals surface area contributed by atoms with E-state index in [4.69, 9.17) is 0 Å². The number of aromatic nitrogens is 3. The highest BCUT2D eigenvalue weighted by Crippen LogP contribution is 2.66. The highest BCUT2D eigenvalue weighted by atomic mass is 16.2. The molecule has 1 aliphatic heterocycles. The van der Waals surface area contributed by atoms with E-state index >= 15 is 0 Å². The van der Waals surface area contributed by atoms with Crippen LogP contribution in [0.3, 0.4) is 0 Å². The fourth-order valence-corrected chi connectivity index (χ4v) is 4.37. The van der Waals surface area contributed by atoms with Gasteiger partial charge in [-0.15, -0.1) is 0 Å². The summed E-state index contributed by atoms with van der Waals surface area (Å²) in [6.45, 7) is 1.06. The number of hydrogen-bond donors (Lipinski definition) is 1. The third-order valence-electron chi connectivity index (χ3n) is 6.16. The predicted molar refractivity (Wildman–Crippen MR) is 91.6 cm³/mol. The summed E-state index contributed by atoms with van der Waals surface area (Å²) in [4.78, 5) is 38.7. The molecule has 2 saturated carbocycles. The van der Waals surface area contributed by atoms with Gasteiger partial charge in [0.2, 0.25) is 5.91 Å². The number of nitrogens with one attached hydrogen (secondary N) is 1. The standard InChI is InChI=1S/C19H20N4O2/c24-17-13-4-8-23(18(25)14-9-19(14)5-2-6-19)11-15(13)21-16(22-17)12-3-1-7-20-10-12/h1,3,7,10,14H,2,4-6,8-9,11H2,(H,21,22,24)/t14-/m0/s1. The van der Waals surface area contributed by atoms with E-state index in [-0.39, 0.29) is 17.4 Å². The Morgan fingerprint density at radius 3 is 2.92 bits per heavy atom. The predicted octanol–water partition coefficient (Wildman–Crippen LogP) is 1.91. The number of carbonyl (C=O) groups excluding carboxylic acids is 1. The molecule has 2 aliphatic carbocycles. The SMILES string of the molecule is O=C([C@@H]1CC12CCC2)N1CCc2c(nc(-c3cccnc3)[nH]c2=O)C1. The molecule has 1 amide bonds. The minimum Gasteiger partial charge on any atom is -0.336 e. The lowest BCUT2D eigenvalue weighted by Crippen LogP contribution is -2.41. The van der Waals surface area contributed by atoms with Crippen molar-refractivity contribution in [3.8, 4) is 11.4 Å². The second-order valence-electron chi connectivity index (χ2n) is 7.56. The van der Waals surface area contributed by atoms with E-state index in [1.807, 2.05) is 17.0 Å². The highest BCUT2D eigenvalue weighted by molar-refractivity contribution is 5.83. The largest absolute Gasteiger partial charge is 0.336 e. The van der Waals surface area contributed by atoms with Gasteiger partial charge in [0.05, 0.1) is 12.2 Å². The summed E-state index contributed by atoms with van der Waals surface area (Å²) in [6, 6.07) is 3.68. The van der Waals surface area contributed by atoms with Crippen LogP contribution in [0, 0.1) is 11.3 Å². The van der Waals surface area contributed by atoms with Gasteiger partial charge in [-0.1, -0.05) is 6.42 Å². The first-order valence-electron chi connectivity index (χ1n) is 8.98. The molecule has 2 aromatic rings. The molecular weight excluding hydrogens is 316 g/mol. The summed E-state index contributed by atoms with van der Waals surface area (Å²) in [6.07, 6.45) is 8.68. The number of rotatable bonds is 2. The van der Waals surface area contributed by atoms with Crippen LogP contribution < -0.4 is 5.56 Å². The first-order valence-corrected chi connectivity index (χ1v) is 8.98. The quantitative estimate of drug-likeness (QED) is 0.908. The van der Waals surface area contributed by atoms with Crippen LogP contribution in [0.5, 0.6) is 0 Å². The second-order valence-corrected chi connectivity index (χ2v) is 7.56. The van der Waals surface area contributed by atoms with E-state index < -0.39 is 0 Å². The molecule has 0 aromatic carbocycles. The summed E-state index contributed by atoms with van der Waals surface area (Å²) < 4.78 is 0. The molecule has 25 heavy (non-hydrogen) atoms. The van der Waals surface area contributed by atoms with Gasteiger partial charge in [-0.05, 0) is 43.2 Å². The first-order chi connectivity index (χ1) is 12.2. The van der Waals surface area contributed by atoms with Crippen molar-refractivity contribution in [1.29, 1.82) is 0 Å². The smallest absolute Gasteiger partial charge is 0.254 e. The maximum Gasteiger partial charge on any atom is 0.254 e. The van der Waals surface area contributed by atoms with Gasteiger partial charge in [0.1, 0.15) is 5.82 Å². The Hall–Kier alpha value is -2.50. The molecule has 2 fully saturated rings. The van der Waals surface area contributed by atoms with Gasteiger partial charge in [0.25, 0.3) is 5.56 Å². The lowest BCUT2D eigenvalue weighted by atomic mass is 9.79. The van der Waals surface area contributed by atoms with Gasteiger partial charge >= 0.3 is 0 Å². The molecule has 0 bridgehead atoms. The van der Waals surface area contributed by atoms with Crippen molar-refractivity contribution < 1.29 is 4.79 Å². The van der Waals surface area contributed by atoms with Crippen LogP contribution in [0.4, 0.5) is 0 Å². The van der Waals surface area contributed by atoms with Crippen LogP contribution in [-0.4, -0.2) is 32.3 Å². The molecule has 0 radical (unpaired) electrons. The summed E-state index contributed by atoms with van der Waals surface area (Å²) >= 11 is 0. The molecule has 0 saturated heterocycles. The monoisotopic (exact) mass is 336 g/mol. The fourth-order valence-electron chi connectivity index (χ4n) is 4.37. The zero-order valence-corrected chi connectivity index (χ0v) is 14.0. The molecule has 1 spiro atoms. The molecule has 1 atom stereocenters. The molecule has 6 nitrogen and oxygen atoms in total. The number of amides is 1. The van der Waals surface area contributed by atoms with E-state index in [9.17, 15) is 9.59 Å². The summed E-state index contributed by atoms with van der Waals surface area (Å²) in [5.41, 5.74) is 2.45. The molecule has 2 aromatic heterocycles. The van der Waals surface area contributed by atoms with Crippen molar-refractivity contribution >= 4 is 5.91 Å². The summed E-state index contributed by atoms with van der Waals surface area (Å²) in [5.74, 6) is 0.992. The van der Waals surface area contributed by atoms with Crippen molar-refractivity contribution in [1.82, 2.24) is 19.9 Å². The maximum absolute atomic E-state index is 12.8. The highest BCUT2D eigenvalue weighted by Gasteiger charge is 2.61. The van der Waals surface area contributed by atoms with E-state index in [2.05, 4.69) is 15.0 Å². The van der Waals surface area contributed by atoms with Crippen LogP contribution >= 0.6 is 0 Å². The van der Waals surface area contributed by atoms with E-state index in [1.165, 1.54) is 19.3 Å². The molecule has 3 aliphatic rings. The maximum atomic E-state index is 12.8. The van der Waals surface area contributed by atoms with Crippen LogP contribution in [0.25, 0.3) is 11.4 Å². The zero-order valence-electron chi connectivity index (χ0n) is 14.0. The number of fused-ring (bicyclic) bond motifs is 1. The summed E-state index contributed by atoms with van der Waals surface area (Å²) in [5, 5.41) is 0. The molecule has 6 heteroatoms. The third kappa shape index (κ3) is 2.31. The van der Waals surface area contributed by atoms with Gasteiger partial charge in [0, 0.05) is 36.0 Å². The van der Waals surface area contributed by atoms with Gasteiger partial charge in [-0.3, -0.25) is 14.6 Å². The minimum absolute atomic E-state index is 0.0992. The number of pyridine rings is 1. The number of hydrogen-bond acceptors (Lipinski definition) is 4. The third-order valence-corrected chi connectivity index (χ3v) is 6.16. The van der Waals surface area contributed by atoms with Crippen molar-refractivity contribution in [3.05, 3.63) is 46.1 Å². The average molecular weight is 336 g/mol. The van der Waals surface area contributed by atoms with Crippen molar-refractivity contribution in [2.45, 2.75) is 38.6 Å². The Balaban J connectivity index is 1.42. The van der Waals surface area contributed by atoms with Crippen molar-refractivity contribution in [2.24, 2.45) is 11.3 Å². The number of H-pyrrole nitrogens is 1. The van der Waals surface area contributed by atoms with Crippen LogP contribution in [0.2, 0.25) is 0 Å². The first kappa shape index (κ1) is 14.8. The molecule has 0 unspecified atom stereocenters. The molecule has 1 N–H and O–H groups in total. The van der Waals surface area contributed by atoms with E-state index in [1.54, 1.807) is 12.4 Å². The lowest BCUT2D eigenvalue weighted by Gasteiger charge is -2.31. The fraction of sp³-hybridized carbons (Fsp3) is 0.474. The van der Waals surface area contributed by atoms with E-state index in [0.29, 0.717) is 36.3 Å². The minimum atomic E-state index is -0.0992. The number of nitrogens with zero attached hydrogens (tertiary/aromatic N) is 3. The van der Waals surface area contributed by atoms with Gasteiger partial charge in [-0.2, -0.15) is 0 Å². The van der Waals surface area contributed by atoms with Crippen LogP contribution in [-0.2, 0) is 17.8 Å². The molecule has 5 rings (SSSR count). The average Bonchev–Trinajstić information content (AvgIpc) is 3.38. The van der Waals surface area contributed by atoms with E-state index in [0.717, 1.165) is 17.7 Å². The Kier molecular flexibility index (Phi) is 3.11. The Morgan fingerprint density at radius 1 is 1.36 bits per heavy atom. The summed E-state index contributed by atoms with van der Waals surface area (Å²) in [7, 11) is 0. The molecular formula is C19H20N4O2. The number of aromatic amines is 1.